The van der Waals surface area contributed by atoms with Crippen LogP contribution in [-0.2, 0) is 0 Å². The lowest BCUT2D eigenvalue weighted by Gasteiger charge is -2.24. The second-order valence-electron chi connectivity index (χ2n) is 5.89. The number of hydrogen-bond donors (Lipinski definition) is 1. The molecule has 1 atom stereocenters. The quantitative estimate of drug-likeness (QED) is 0.905. The Morgan fingerprint density at radius 1 is 1.20 bits per heavy atom. The molecule has 0 bridgehead atoms. The molecule has 106 valence electrons. The van der Waals surface area contributed by atoms with E-state index in [1.165, 1.54) is 40.8 Å². The molecule has 1 saturated heterocycles. The van der Waals surface area contributed by atoms with Gasteiger partial charge in [-0.2, -0.15) is 5.10 Å². The van der Waals surface area contributed by atoms with Crippen LogP contribution < -0.4 is 5.32 Å². The minimum atomic E-state index is 0.504. The standard InChI is InChI=1S/C17H23N3/c1-12-6-7-15(9-13(12)2)17-11-19-20(14(17)3)16-5-4-8-18-10-16/h6-7,9,11,16,18H,4-5,8,10H2,1-3H3. The number of rotatable bonds is 2. The van der Waals surface area contributed by atoms with Gasteiger partial charge in [0.25, 0.3) is 0 Å². The second-order valence-corrected chi connectivity index (χ2v) is 5.89. The Hall–Kier alpha value is -1.61. The van der Waals surface area contributed by atoms with Crippen molar-refractivity contribution in [3.05, 3.63) is 41.2 Å². The van der Waals surface area contributed by atoms with Gasteiger partial charge in [-0.15, -0.1) is 0 Å². The summed E-state index contributed by atoms with van der Waals surface area (Å²) in [6.07, 6.45) is 4.48. The first-order valence-corrected chi connectivity index (χ1v) is 7.49. The lowest BCUT2D eigenvalue weighted by Crippen LogP contribution is -2.32. The van der Waals surface area contributed by atoms with Crippen LogP contribution in [0.3, 0.4) is 0 Å². The van der Waals surface area contributed by atoms with Crippen molar-refractivity contribution in [3.63, 3.8) is 0 Å². The maximum absolute atomic E-state index is 4.64. The Balaban J connectivity index is 1.94. The van der Waals surface area contributed by atoms with E-state index in [4.69, 9.17) is 0 Å². The van der Waals surface area contributed by atoms with Gasteiger partial charge in [0, 0.05) is 17.8 Å². The third-order valence-corrected chi connectivity index (χ3v) is 4.48. The second kappa shape index (κ2) is 5.41. The van der Waals surface area contributed by atoms with E-state index in [-0.39, 0.29) is 0 Å². The zero-order valence-corrected chi connectivity index (χ0v) is 12.6. The summed E-state index contributed by atoms with van der Waals surface area (Å²) in [5.74, 6) is 0. The van der Waals surface area contributed by atoms with Crippen LogP contribution in [-0.4, -0.2) is 22.9 Å². The lowest BCUT2D eigenvalue weighted by molar-refractivity contribution is 0.342. The van der Waals surface area contributed by atoms with Gasteiger partial charge in [0.15, 0.2) is 0 Å². The van der Waals surface area contributed by atoms with Crippen LogP contribution in [0, 0.1) is 20.8 Å². The van der Waals surface area contributed by atoms with Crippen molar-refractivity contribution >= 4 is 0 Å². The Bertz CT molecular complexity index is 607. The molecule has 0 saturated carbocycles. The number of hydrogen-bond acceptors (Lipinski definition) is 2. The van der Waals surface area contributed by atoms with E-state index < -0.39 is 0 Å². The van der Waals surface area contributed by atoms with E-state index in [0.29, 0.717) is 6.04 Å². The van der Waals surface area contributed by atoms with Gasteiger partial charge in [-0.05, 0) is 56.8 Å². The molecule has 3 rings (SSSR count). The number of benzene rings is 1. The number of piperidine rings is 1. The number of aryl methyl sites for hydroxylation is 2. The fourth-order valence-electron chi connectivity index (χ4n) is 3.03. The molecule has 1 unspecified atom stereocenters. The Labute approximate surface area is 121 Å². The van der Waals surface area contributed by atoms with Gasteiger partial charge in [-0.25, -0.2) is 0 Å². The molecule has 3 nitrogen and oxygen atoms in total. The molecule has 20 heavy (non-hydrogen) atoms. The molecule has 1 aromatic heterocycles. The van der Waals surface area contributed by atoms with Crippen LogP contribution in [0.2, 0.25) is 0 Å². The predicted octanol–water partition coefficient (Wildman–Crippen LogP) is 3.40. The molecule has 1 fully saturated rings. The topological polar surface area (TPSA) is 29.9 Å². The first-order valence-electron chi connectivity index (χ1n) is 7.49. The van der Waals surface area contributed by atoms with E-state index >= 15 is 0 Å². The van der Waals surface area contributed by atoms with Crippen molar-refractivity contribution in [1.29, 1.82) is 0 Å². The highest BCUT2D eigenvalue weighted by atomic mass is 15.3. The van der Waals surface area contributed by atoms with Gasteiger partial charge in [0.05, 0.1) is 12.2 Å². The molecule has 2 heterocycles. The maximum atomic E-state index is 4.64. The molecular formula is C17H23N3. The summed E-state index contributed by atoms with van der Waals surface area (Å²) in [6.45, 7) is 8.69. The fourth-order valence-corrected chi connectivity index (χ4v) is 3.03. The summed E-state index contributed by atoms with van der Waals surface area (Å²) in [7, 11) is 0. The van der Waals surface area contributed by atoms with Crippen molar-refractivity contribution in [1.82, 2.24) is 15.1 Å². The first kappa shape index (κ1) is 13.4. The predicted molar refractivity (Wildman–Crippen MR) is 83.0 cm³/mol. The monoisotopic (exact) mass is 269 g/mol. The van der Waals surface area contributed by atoms with E-state index in [1.807, 2.05) is 6.20 Å². The van der Waals surface area contributed by atoms with Gasteiger partial charge < -0.3 is 5.32 Å². The van der Waals surface area contributed by atoms with Crippen LogP contribution >= 0.6 is 0 Å². The Kier molecular flexibility index (Phi) is 3.62. The molecule has 2 aromatic rings. The normalized spacial score (nSPS) is 19.2. The van der Waals surface area contributed by atoms with E-state index in [2.05, 4.69) is 54.1 Å². The first-order chi connectivity index (χ1) is 9.66. The zero-order chi connectivity index (χ0) is 14.1. The fraction of sp³-hybridized carbons (Fsp3) is 0.471. The average molecular weight is 269 g/mol. The number of nitrogens with zero attached hydrogens (tertiary/aromatic N) is 2. The summed E-state index contributed by atoms with van der Waals surface area (Å²) in [5, 5.41) is 8.11. The summed E-state index contributed by atoms with van der Waals surface area (Å²) in [4.78, 5) is 0. The summed E-state index contributed by atoms with van der Waals surface area (Å²) < 4.78 is 2.21. The highest BCUT2D eigenvalue weighted by molar-refractivity contribution is 5.66. The molecule has 1 aliphatic heterocycles. The minimum Gasteiger partial charge on any atom is -0.315 e. The van der Waals surface area contributed by atoms with Crippen LogP contribution in [0.4, 0.5) is 0 Å². The zero-order valence-electron chi connectivity index (χ0n) is 12.6. The molecule has 1 aliphatic rings. The third kappa shape index (κ3) is 2.38. The van der Waals surface area contributed by atoms with Crippen molar-refractivity contribution in [2.24, 2.45) is 0 Å². The minimum absolute atomic E-state index is 0.504. The summed E-state index contributed by atoms with van der Waals surface area (Å²) >= 11 is 0. The summed E-state index contributed by atoms with van der Waals surface area (Å²) in [6, 6.07) is 7.17. The van der Waals surface area contributed by atoms with Crippen LogP contribution in [0.5, 0.6) is 0 Å². The van der Waals surface area contributed by atoms with E-state index in [1.54, 1.807) is 0 Å². The highest BCUT2D eigenvalue weighted by Gasteiger charge is 2.19. The van der Waals surface area contributed by atoms with Crippen LogP contribution in [0.15, 0.2) is 24.4 Å². The Morgan fingerprint density at radius 3 is 2.75 bits per heavy atom. The average Bonchev–Trinajstić information content (AvgIpc) is 2.85. The van der Waals surface area contributed by atoms with Crippen LogP contribution in [0.25, 0.3) is 11.1 Å². The van der Waals surface area contributed by atoms with Gasteiger partial charge in [0.1, 0.15) is 0 Å². The molecule has 0 radical (unpaired) electrons. The third-order valence-electron chi connectivity index (χ3n) is 4.48. The smallest absolute Gasteiger partial charge is 0.0647 e. The number of nitrogens with one attached hydrogen (secondary N) is 1. The Morgan fingerprint density at radius 2 is 2.05 bits per heavy atom. The van der Waals surface area contributed by atoms with Crippen molar-refractivity contribution < 1.29 is 0 Å². The molecule has 0 aliphatic carbocycles. The molecule has 0 amide bonds. The molecular weight excluding hydrogens is 246 g/mol. The van der Waals surface area contributed by atoms with Gasteiger partial charge in [0.2, 0.25) is 0 Å². The van der Waals surface area contributed by atoms with Gasteiger partial charge >= 0.3 is 0 Å². The van der Waals surface area contributed by atoms with E-state index in [9.17, 15) is 0 Å². The van der Waals surface area contributed by atoms with Crippen LogP contribution in [0.1, 0.15) is 35.7 Å². The van der Waals surface area contributed by atoms with Crippen molar-refractivity contribution in [2.75, 3.05) is 13.1 Å². The van der Waals surface area contributed by atoms with Gasteiger partial charge in [-0.3, -0.25) is 4.68 Å². The van der Waals surface area contributed by atoms with Gasteiger partial charge in [-0.1, -0.05) is 18.2 Å². The van der Waals surface area contributed by atoms with E-state index in [0.717, 1.165) is 13.1 Å². The largest absolute Gasteiger partial charge is 0.315 e. The summed E-state index contributed by atoms with van der Waals surface area (Å²) in [5.41, 5.74) is 6.51. The molecule has 3 heteroatoms. The van der Waals surface area contributed by atoms with Crippen molar-refractivity contribution in [2.45, 2.75) is 39.7 Å². The SMILES string of the molecule is Cc1ccc(-c2cnn(C3CCCNC3)c2C)cc1C. The molecule has 0 spiro atoms. The molecule has 1 N–H and O–H groups in total. The number of aromatic nitrogens is 2. The maximum Gasteiger partial charge on any atom is 0.0647 e. The van der Waals surface area contributed by atoms with Crippen molar-refractivity contribution in [3.8, 4) is 11.1 Å². The lowest BCUT2D eigenvalue weighted by atomic mass is 10.0. The highest BCUT2D eigenvalue weighted by Crippen LogP contribution is 2.28. The molecule has 1 aromatic carbocycles.